The third-order valence-electron chi connectivity index (χ3n) is 4.15. The number of anilines is 2. The van der Waals surface area contributed by atoms with Crippen molar-refractivity contribution in [3.63, 3.8) is 0 Å². The summed E-state index contributed by atoms with van der Waals surface area (Å²) in [6, 6.07) is 10.7. The van der Waals surface area contributed by atoms with Crippen LogP contribution in [0.3, 0.4) is 0 Å². The molecule has 0 atom stereocenters. The van der Waals surface area contributed by atoms with E-state index in [0.29, 0.717) is 27.4 Å². The summed E-state index contributed by atoms with van der Waals surface area (Å²) in [6.45, 7) is 0. The molecule has 2 heterocycles. The number of carbonyl (C=O) groups is 1. The molecule has 0 aliphatic carbocycles. The predicted octanol–water partition coefficient (Wildman–Crippen LogP) is 6.72. The fourth-order valence-corrected chi connectivity index (χ4v) is 3.80. The van der Waals surface area contributed by atoms with Crippen molar-refractivity contribution in [2.75, 3.05) is 10.6 Å². The van der Waals surface area contributed by atoms with Crippen LogP contribution in [0.1, 0.15) is 5.56 Å². The Labute approximate surface area is 195 Å². The molecular weight excluding hydrogens is 479 g/mol. The van der Waals surface area contributed by atoms with Crippen molar-refractivity contribution in [2.45, 2.75) is 0 Å². The molecule has 0 aliphatic heterocycles. The van der Waals surface area contributed by atoms with Gasteiger partial charge in [0.25, 0.3) is 0 Å². The molecule has 6 nitrogen and oxygen atoms in total. The van der Waals surface area contributed by atoms with Gasteiger partial charge in [0, 0.05) is 16.7 Å². The topological polar surface area (TPSA) is 71.3 Å². The van der Waals surface area contributed by atoms with Crippen molar-refractivity contribution in [3.05, 3.63) is 87.4 Å². The summed E-state index contributed by atoms with van der Waals surface area (Å²) in [5, 5.41) is 11.9. The molecule has 0 saturated carbocycles. The zero-order valence-electron chi connectivity index (χ0n) is 16.0. The van der Waals surface area contributed by atoms with Gasteiger partial charge in [-0.1, -0.05) is 35.3 Å². The Morgan fingerprint density at radius 1 is 1.12 bits per heavy atom. The number of imidazole rings is 1. The largest absolute Gasteiger partial charge is 0.326 e. The highest BCUT2D eigenvalue weighted by molar-refractivity contribution is 7.13. The number of aromatic nitrogens is 2. The number of benzene rings is 2. The van der Waals surface area contributed by atoms with Crippen molar-refractivity contribution in [2.24, 2.45) is 5.10 Å². The van der Waals surface area contributed by atoms with Crippen molar-refractivity contribution < 1.29 is 13.6 Å². The minimum atomic E-state index is -0.904. The molecule has 0 spiro atoms. The molecule has 0 unspecified atom stereocenters. The van der Waals surface area contributed by atoms with Gasteiger partial charge >= 0.3 is 6.03 Å². The van der Waals surface area contributed by atoms with Crippen LogP contribution in [-0.2, 0) is 0 Å². The quantitative estimate of drug-likeness (QED) is 0.304. The lowest BCUT2D eigenvalue weighted by Gasteiger charge is -2.08. The van der Waals surface area contributed by atoms with Gasteiger partial charge in [-0.15, -0.1) is 11.3 Å². The molecule has 32 heavy (non-hydrogen) atoms. The van der Waals surface area contributed by atoms with Gasteiger partial charge in [-0.05, 0) is 35.7 Å². The second-order valence-electron chi connectivity index (χ2n) is 6.39. The van der Waals surface area contributed by atoms with Crippen molar-refractivity contribution in [1.82, 2.24) is 9.66 Å². The number of nitrogens with zero attached hydrogens (tertiary/aromatic N) is 3. The third kappa shape index (κ3) is 5.13. The van der Waals surface area contributed by atoms with Crippen LogP contribution >= 0.6 is 34.5 Å². The Bertz CT molecular complexity index is 1310. The Morgan fingerprint density at radius 3 is 2.69 bits per heavy atom. The number of urea groups is 1. The molecule has 2 N–H and O–H groups in total. The maximum absolute atomic E-state index is 13.8. The summed E-state index contributed by atoms with van der Waals surface area (Å²) in [5.41, 5.74) is 0.991. The first-order valence-corrected chi connectivity index (χ1v) is 10.7. The van der Waals surface area contributed by atoms with Gasteiger partial charge in [0.15, 0.2) is 0 Å². The lowest BCUT2D eigenvalue weighted by atomic mass is 10.2. The van der Waals surface area contributed by atoms with Gasteiger partial charge in [0.1, 0.15) is 17.3 Å². The molecule has 2 aromatic carbocycles. The van der Waals surface area contributed by atoms with Gasteiger partial charge in [0.2, 0.25) is 5.95 Å². The molecule has 0 radical (unpaired) electrons. The molecule has 4 rings (SSSR count). The highest BCUT2D eigenvalue weighted by atomic mass is 35.5. The van der Waals surface area contributed by atoms with Crippen LogP contribution in [-0.4, -0.2) is 21.9 Å². The zero-order chi connectivity index (χ0) is 22.7. The van der Waals surface area contributed by atoms with E-state index in [1.54, 1.807) is 24.4 Å². The summed E-state index contributed by atoms with van der Waals surface area (Å²) in [7, 11) is 0. The van der Waals surface area contributed by atoms with E-state index >= 15 is 0 Å². The molecular formula is C21H13Cl2F2N5OS. The van der Waals surface area contributed by atoms with Crippen molar-refractivity contribution in [1.29, 1.82) is 0 Å². The fraction of sp³-hybridized carbons (Fsp3) is 0. The van der Waals surface area contributed by atoms with E-state index in [1.165, 1.54) is 22.2 Å². The average Bonchev–Trinajstić information content (AvgIpc) is 3.40. The highest BCUT2D eigenvalue weighted by Crippen LogP contribution is 2.26. The van der Waals surface area contributed by atoms with Gasteiger partial charge < -0.3 is 5.32 Å². The highest BCUT2D eigenvalue weighted by Gasteiger charge is 2.14. The van der Waals surface area contributed by atoms with Crippen LogP contribution in [0.25, 0.3) is 10.6 Å². The monoisotopic (exact) mass is 491 g/mol. The second kappa shape index (κ2) is 9.47. The standard InChI is InChI=1S/C21H13Cl2F2N5OS/c22-13-4-3-12(15(23)8-13)10-26-30-11-18(19-2-1-7-32-19)27-20(30)29-21(31)28-17-6-5-14(24)9-16(17)25/h1-11H,(H2,27,28,29,31). The lowest BCUT2D eigenvalue weighted by molar-refractivity contribution is 0.262. The zero-order valence-corrected chi connectivity index (χ0v) is 18.3. The Morgan fingerprint density at radius 2 is 1.97 bits per heavy atom. The van der Waals surface area contributed by atoms with E-state index in [2.05, 4.69) is 20.7 Å². The van der Waals surface area contributed by atoms with E-state index in [1.807, 2.05) is 17.5 Å². The molecule has 4 aromatic rings. The van der Waals surface area contributed by atoms with E-state index in [0.717, 1.165) is 17.0 Å². The van der Waals surface area contributed by atoms with Crippen LogP contribution in [0.2, 0.25) is 10.0 Å². The summed E-state index contributed by atoms with van der Waals surface area (Å²) in [4.78, 5) is 17.7. The minimum absolute atomic E-state index is 0.0785. The number of hydrogen-bond donors (Lipinski definition) is 2. The normalized spacial score (nSPS) is 11.1. The molecule has 11 heteroatoms. The van der Waals surface area contributed by atoms with Gasteiger partial charge in [-0.3, -0.25) is 5.32 Å². The maximum atomic E-state index is 13.8. The van der Waals surface area contributed by atoms with Crippen molar-refractivity contribution >= 4 is 58.4 Å². The average molecular weight is 492 g/mol. The predicted molar refractivity (Wildman–Crippen MR) is 124 cm³/mol. The molecule has 2 aromatic heterocycles. The van der Waals surface area contributed by atoms with Gasteiger partial charge in [-0.2, -0.15) is 5.10 Å². The smallest absolute Gasteiger partial charge is 0.305 e. The van der Waals surface area contributed by atoms with Gasteiger partial charge in [-0.25, -0.2) is 23.2 Å². The summed E-state index contributed by atoms with van der Waals surface area (Å²) < 4.78 is 28.3. The van der Waals surface area contributed by atoms with E-state index in [4.69, 9.17) is 23.2 Å². The van der Waals surface area contributed by atoms with Gasteiger partial charge in [0.05, 0.1) is 28.0 Å². The summed E-state index contributed by atoms with van der Waals surface area (Å²) >= 11 is 13.6. The first-order valence-electron chi connectivity index (χ1n) is 9.05. The Balaban J connectivity index is 1.61. The fourth-order valence-electron chi connectivity index (χ4n) is 2.66. The van der Waals surface area contributed by atoms with E-state index in [-0.39, 0.29) is 11.6 Å². The second-order valence-corrected chi connectivity index (χ2v) is 8.18. The van der Waals surface area contributed by atoms with Crippen LogP contribution in [0.5, 0.6) is 0 Å². The number of halogens is 4. The lowest BCUT2D eigenvalue weighted by Crippen LogP contribution is -2.22. The number of carbonyl (C=O) groups excluding carboxylic acids is 1. The maximum Gasteiger partial charge on any atom is 0.326 e. The Kier molecular flexibility index (Phi) is 6.50. The summed E-state index contributed by atoms with van der Waals surface area (Å²) in [6.07, 6.45) is 3.11. The Hall–Kier alpha value is -3.27. The number of hydrogen-bond acceptors (Lipinski definition) is 4. The number of nitrogens with one attached hydrogen (secondary N) is 2. The minimum Gasteiger partial charge on any atom is -0.305 e. The summed E-state index contributed by atoms with van der Waals surface area (Å²) in [5.74, 6) is -1.58. The molecule has 0 saturated heterocycles. The van der Waals surface area contributed by atoms with Crippen LogP contribution in [0.15, 0.2) is 65.2 Å². The van der Waals surface area contributed by atoms with E-state index < -0.39 is 17.7 Å². The molecule has 0 aliphatic rings. The molecule has 0 bridgehead atoms. The first kappa shape index (κ1) is 21.9. The van der Waals surface area contributed by atoms with E-state index in [9.17, 15) is 13.6 Å². The molecule has 0 fully saturated rings. The number of amides is 2. The van der Waals surface area contributed by atoms with Crippen LogP contribution < -0.4 is 10.6 Å². The molecule has 2 amide bonds. The van der Waals surface area contributed by atoms with Crippen LogP contribution in [0, 0.1) is 11.6 Å². The first-order chi connectivity index (χ1) is 15.4. The number of rotatable bonds is 5. The molecule has 162 valence electrons. The number of thiophene rings is 1. The van der Waals surface area contributed by atoms with Crippen molar-refractivity contribution in [3.8, 4) is 10.6 Å². The third-order valence-corrected chi connectivity index (χ3v) is 5.60. The van der Waals surface area contributed by atoms with Crippen LogP contribution in [0.4, 0.5) is 25.2 Å². The SMILES string of the molecule is O=C(Nc1ccc(F)cc1F)Nc1nc(-c2cccs2)cn1N=Cc1ccc(Cl)cc1Cl.